The maximum absolute atomic E-state index is 13.5. The van der Waals surface area contributed by atoms with Gasteiger partial charge in [0.25, 0.3) is 5.91 Å². The van der Waals surface area contributed by atoms with Gasteiger partial charge < -0.3 is 19.1 Å². The van der Waals surface area contributed by atoms with Crippen LogP contribution in [0.5, 0.6) is 11.5 Å². The van der Waals surface area contributed by atoms with E-state index in [0.29, 0.717) is 47.5 Å². The fraction of sp³-hybridized carbons (Fsp3) is 0.375. The number of nitrogens with zero attached hydrogens (tertiary/aromatic N) is 3. The van der Waals surface area contributed by atoms with Gasteiger partial charge in [0.1, 0.15) is 13.2 Å². The second-order valence-corrected chi connectivity index (χ2v) is 8.52. The van der Waals surface area contributed by atoms with Crippen LogP contribution in [0.4, 0.5) is 5.13 Å². The molecule has 0 saturated carbocycles. The van der Waals surface area contributed by atoms with E-state index in [-0.39, 0.29) is 18.3 Å². The van der Waals surface area contributed by atoms with E-state index >= 15 is 0 Å². The van der Waals surface area contributed by atoms with Crippen LogP contribution in [-0.4, -0.2) is 68.3 Å². The van der Waals surface area contributed by atoms with Gasteiger partial charge in [0.15, 0.2) is 16.6 Å². The first-order valence-corrected chi connectivity index (χ1v) is 11.8. The zero-order chi connectivity index (χ0) is 23.4. The van der Waals surface area contributed by atoms with Gasteiger partial charge in [-0.2, -0.15) is 0 Å². The van der Waals surface area contributed by atoms with E-state index < -0.39 is 5.97 Å². The van der Waals surface area contributed by atoms with Crippen molar-refractivity contribution >= 4 is 51.0 Å². The molecule has 0 radical (unpaired) electrons. The second-order valence-electron chi connectivity index (χ2n) is 7.51. The molecule has 4 rings (SSSR count). The van der Waals surface area contributed by atoms with E-state index in [2.05, 4.69) is 18.7 Å². The molecule has 2 aromatic carbocycles. The molecule has 0 saturated heterocycles. The number of thiazole rings is 1. The number of rotatable bonds is 8. The molecule has 182 valence electrons. The maximum Gasteiger partial charge on any atom is 0.337 e. The number of benzene rings is 2. The van der Waals surface area contributed by atoms with Crippen LogP contribution in [0.1, 0.15) is 34.6 Å². The summed E-state index contributed by atoms with van der Waals surface area (Å²) in [6.45, 7) is 8.23. The van der Waals surface area contributed by atoms with Crippen molar-refractivity contribution in [3.63, 3.8) is 0 Å². The Labute approximate surface area is 208 Å². The molecule has 10 heteroatoms. The number of esters is 1. The zero-order valence-electron chi connectivity index (χ0n) is 19.4. The minimum atomic E-state index is -0.438. The second kappa shape index (κ2) is 11.5. The Hall–Kier alpha value is -2.88. The molecule has 0 unspecified atom stereocenters. The van der Waals surface area contributed by atoms with Crippen molar-refractivity contribution in [3.05, 3.63) is 47.5 Å². The van der Waals surface area contributed by atoms with E-state index in [1.165, 1.54) is 18.4 Å². The van der Waals surface area contributed by atoms with Gasteiger partial charge in [-0.3, -0.25) is 9.69 Å². The lowest BCUT2D eigenvalue weighted by Gasteiger charge is -2.24. The number of likely N-dealkylation sites (N-methyl/N-ethyl adjacent to an activating group) is 1. The van der Waals surface area contributed by atoms with Crippen molar-refractivity contribution in [2.45, 2.75) is 13.8 Å². The number of carbonyl (C=O) groups excluding carboxylic acids is 2. The smallest absolute Gasteiger partial charge is 0.337 e. The molecule has 2 heterocycles. The predicted molar refractivity (Wildman–Crippen MR) is 135 cm³/mol. The molecule has 0 fully saturated rings. The number of carbonyl (C=O) groups is 2. The molecule has 34 heavy (non-hydrogen) atoms. The van der Waals surface area contributed by atoms with E-state index in [9.17, 15) is 9.59 Å². The highest BCUT2D eigenvalue weighted by Crippen LogP contribution is 2.39. The van der Waals surface area contributed by atoms with Crippen molar-refractivity contribution in [2.24, 2.45) is 0 Å². The van der Waals surface area contributed by atoms with Crippen molar-refractivity contribution in [1.82, 2.24) is 9.88 Å². The van der Waals surface area contributed by atoms with Gasteiger partial charge in [-0.1, -0.05) is 25.2 Å². The van der Waals surface area contributed by atoms with Crippen LogP contribution in [0.25, 0.3) is 10.2 Å². The largest absolute Gasteiger partial charge is 0.486 e. The molecule has 1 amide bonds. The first-order chi connectivity index (χ1) is 16.0. The summed E-state index contributed by atoms with van der Waals surface area (Å²) >= 11 is 1.45. The molecule has 0 bridgehead atoms. The average Bonchev–Trinajstić information content (AvgIpc) is 3.26. The summed E-state index contributed by atoms with van der Waals surface area (Å²) in [7, 11) is 1.33. The Morgan fingerprint density at radius 3 is 2.24 bits per heavy atom. The van der Waals surface area contributed by atoms with E-state index in [0.717, 1.165) is 29.9 Å². The standard InChI is InChI=1S/C24H27N3O5S.ClH/c1-4-26(5-2)10-11-27(22(28)16-6-8-17(9-7-16)23(29)30-3)24-25-18-14-19-20(15-21(18)33-24)32-13-12-31-19;/h6-9,14-15H,4-5,10-13H2,1-3H3;1H. The quantitative estimate of drug-likeness (QED) is 0.423. The number of anilines is 1. The summed E-state index contributed by atoms with van der Waals surface area (Å²) in [6, 6.07) is 10.3. The molecule has 1 aliphatic heterocycles. The van der Waals surface area contributed by atoms with Gasteiger partial charge in [0.2, 0.25) is 0 Å². The van der Waals surface area contributed by atoms with Crippen molar-refractivity contribution < 1.29 is 23.8 Å². The summed E-state index contributed by atoms with van der Waals surface area (Å²) in [5.41, 5.74) is 1.64. The number of fused-ring (bicyclic) bond motifs is 2. The number of ether oxygens (including phenoxy) is 3. The summed E-state index contributed by atoms with van der Waals surface area (Å²) in [6.07, 6.45) is 0. The van der Waals surface area contributed by atoms with Crippen molar-refractivity contribution in [2.75, 3.05) is 51.4 Å². The summed E-state index contributed by atoms with van der Waals surface area (Å²) in [4.78, 5) is 34.0. The third-order valence-electron chi connectivity index (χ3n) is 5.60. The highest BCUT2D eigenvalue weighted by atomic mass is 35.5. The Morgan fingerprint density at radius 2 is 1.62 bits per heavy atom. The minimum absolute atomic E-state index is 0. The number of methoxy groups -OCH3 is 1. The Kier molecular flexibility index (Phi) is 8.71. The van der Waals surface area contributed by atoms with Crippen LogP contribution in [0.15, 0.2) is 36.4 Å². The first kappa shape index (κ1) is 25.7. The highest BCUT2D eigenvalue weighted by Gasteiger charge is 2.24. The van der Waals surface area contributed by atoms with Crippen molar-refractivity contribution in [1.29, 1.82) is 0 Å². The van der Waals surface area contributed by atoms with Crippen LogP contribution in [-0.2, 0) is 4.74 Å². The van der Waals surface area contributed by atoms with E-state index in [1.807, 2.05) is 12.1 Å². The van der Waals surface area contributed by atoms with Crippen LogP contribution >= 0.6 is 23.7 Å². The van der Waals surface area contributed by atoms with Gasteiger partial charge in [-0.05, 0) is 37.4 Å². The molecular weight excluding hydrogens is 478 g/mol. The summed E-state index contributed by atoms with van der Waals surface area (Å²) in [5, 5.41) is 0.613. The van der Waals surface area contributed by atoms with Gasteiger partial charge >= 0.3 is 5.97 Å². The van der Waals surface area contributed by atoms with Crippen LogP contribution in [0.3, 0.4) is 0 Å². The van der Waals surface area contributed by atoms with E-state index in [4.69, 9.17) is 19.2 Å². The molecule has 0 aliphatic carbocycles. The van der Waals surface area contributed by atoms with E-state index in [1.54, 1.807) is 29.2 Å². The van der Waals surface area contributed by atoms with Gasteiger partial charge in [0, 0.05) is 30.8 Å². The fourth-order valence-corrected chi connectivity index (χ4v) is 4.66. The zero-order valence-corrected chi connectivity index (χ0v) is 21.0. The Balaban J connectivity index is 0.00000324. The van der Waals surface area contributed by atoms with Gasteiger partial charge in [0.05, 0.1) is 22.9 Å². The fourth-order valence-electron chi connectivity index (χ4n) is 3.66. The third kappa shape index (κ3) is 5.43. The average molecular weight is 506 g/mol. The van der Waals surface area contributed by atoms with Crippen LogP contribution < -0.4 is 14.4 Å². The number of aromatic nitrogens is 1. The first-order valence-electron chi connectivity index (χ1n) is 11.0. The molecule has 3 aromatic rings. The molecule has 1 aliphatic rings. The Bertz CT molecular complexity index is 1100. The number of halogens is 1. The number of hydrogen-bond acceptors (Lipinski definition) is 8. The van der Waals surface area contributed by atoms with Crippen molar-refractivity contribution in [3.8, 4) is 11.5 Å². The maximum atomic E-state index is 13.5. The number of amides is 1. The summed E-state index contributed by atoms with van der Waals surface area (Å²) < 4.78 is 17.1. The molecular formula is C24H28ClN3O5S. The van der Waals surface area contributed by atoms with Gasteiger partial charge in [-0.15, -0.1) is 12.4 Å². The highest BCUT2D eigenvalue weighted by molar-refractivity contribution is 7.22. The minimum Gasteiger partial charge on any atom is -0.486 e. The third-order valence-corrected chi connectivity index (χ3v) is 6.65. The lowest BCUT2D eigenvalue weighted by Crippen LogP contribution is -2.38. The SMILES string of the molecule is CCN(CC)CCN(C(=O)c1ccc(C(=O)OC)cc1)c1nc2cc3c(cc2s1)OCCO3.Cl. The predicted octanol–water partition coefficient (Wildman–Crippen LogP) is 4.26. The topological polar surface area (TPSA) is 81.2 Å². The lowest BCUT2D eigenvalue weighted by atomic mass is 10.1. The Morgan fingerprint density at radius 1 is 1.00 bits per heavy atom. The van der Waals surface area contributed by atoms with Crippen LogP contribution in [0.2, 0.25) is 0 Å². The molecule has 0 N–H and O–H groups in total. The summed E-state index contributed by atoms with van der Waals surface area (Å²) in [5.74, 6) is 0.759. The molecule has 8 nitrogen and oxygen atoms in total. The molecule has 0 spiro atoms. The van der Waals surface area contributed by atoms with Crippen LogP contribution in [0, 0.1) is 0 Å². The van der Waals surface area contributed by atoms with Gasteiger partial charge in [-0.25, -0.2) is 9.78 Å². The molecule has 0 atom stereocenters. The monoisotopic (exact) mass is 505 g/mol. The molecule has 1 aromatic heterocycles. The normalized spacial score (nSPS) is 12.4. The lowest BCUT2D eigenvalue weighted by molar-refractivity contribution is 0.0600. The number of hydrogen-bond donors (Lipinski definition) is 0.